The Kier molecular flexibility index (Phi) is 4.98. The van der Waals surface area contributed by atoms with E-state index in [1.807, 2.05) is 12.1 Å². The van der Waals surface area contributed by atoms with Gasteiger partial charge in [-0.1, -0.05) is 52.1 Å². The van der Waals surface area contributed by atoms with Gasteiger partial charge in [-0.25, -0.2) is 0 Å². The van der Waals surface area contributed by atoms with Crippen molar-refractivity contribution in [3.8, 4) is 12.3 Å². The third kappa shape index (κ3) is 3.50. The molecule has 2 aromatic carbocycles. The standard InChI is InChI=1S/C17H9Cl3N2OS/c1-2-5-22-14-4-3-11(18)9-15(14)24-17(22)21-16(23)10-6-12(19)8-13(20)7-10/h1,3-4,6-9H,5H2. The summed E-state index contributed by atoms with van der Waals surface area (Å²) in [6.45, 7) is 0.296. The van der Waals surface area contributed by atoms with Crippen molar-refractivity contribution in [2.75, 3.05) is 0 Å². The molecule has 0 aliphatic rings. The highest BCUT2D eigenvalue weighted by atomic mass is 35.5. The van der Waals surface area contributed by atoms with E-state index in [0.717, 1.165) is 10.2 Å². The van der Waals surface area contributed by atoms with Gasteiger partial charge < -0.3 is 4.57 Å². The maximum absolute atomic E-state index is 12.5. The van der Waals surface area contributed by atoms with E-state index in [1.54, 1.807) is 16.7 Å². The van der Waals surface area contributed by atoms with Crippen LogP contribution in [0.4, 0.5) is 0 Å². The van der Waals surface area contributed by atoms with Gasteiger partial charge in [0.15, 0.2) is 4.80 Å². The Bertz CT molecular complexity index is 1040. The molecule has 3 aromatic rings. The van der Waals surface area contributed by atoms with E-state index in [9.17, 15) is 4.79 Å². The Morgan fingerprint density at radius 1 is 1.12 bits per heavy atom. The van der Waals surface area contributed by atoms with Crippen LogP contribution in [-0.4, -0.2) is 10.5 Å². The van der Waals surface area contributed by atoms with Crippen LogP contribution in [0.3, 0.4) is 0 Å². The number of hydrogen-bond donors (Lipinski definition) is 0. The smallest absolute Gasteiger partial charge is 0.279 e. The lowest BCUT2D eigenvalue weighted by Gasteiger charge is -2.00. The molecule has 24 heavy (non-hydrogen) atoms. The first-order valence-corrected chi connectivity index (χ1v) is 8.70. The molecule has 0 unspecified atom stereocenters. The van der Waals surface area contributed by atoms with E-state index in [0.29, 0.717) is 32.0 Å². The van der Waals surface area contributed by atoms with Crippen molar-refractivity contribution in [3.05, 3.63) is 61.8 Å². The normalized spacial score (nSPS) is 11.7. The largest absolute Gasteiger partial charge is 0.305 e. The molecule has 0 atom stereocenters. The molecule has 0 saturated heterocycles. The van der Waals surface area contributed by atoms with E-state index in [2.05, 4.69) is 10.9 Å². The highest BCUT2D eigenvalue weighted by Crippen LogP contribution is 2.22. The van der Waals surface area contributed by atoms with Crippen molar-refractivity contribution in [3.63, 3.8) is 0 Å². The van der Waals surface area contributed by atoms with E-state index in [4.69, 9.17) is 41.2 Å². The second-order valence-corrected chi connectivity index (χ2v) is 7.18. The van der Waals surface area contributed by atoms with Crippen molar-refractivity contribution in [1.29, 1.82) is 0 Å². The number of fused-ring (bicyclic) bond motifs is 1. The summed E-state index contributed by atoms with van der Waals surface area (Å²) in [7, 11) is 0. The Balaban J connectivity index is 2.17. The molecular weight excluding hydrogens is 387 g/mol. The molecule has 1 aromatic heterocycles. The van der Waals surface area contributed by atoms with Crippen molar-refractivity contribution in [2.45, 2.75) is 6.54 Å². The minimum absolute atomic E-state index is 0.296. The number of benzene rings is 2. The minimum Gasteiger partial charge on any atom is -0.305 e. The molecule has 3 rings (SSSR count). The highest BCUT2D eigenvalue weighted by Gasteiger charge is 2.10. The first kappa shape index (κ1) is 17.1. The second kappa shape index (κ2) is 7.00. The summed E-state index contributed by atoms with van der Waals surface area (Å²) >= 11 is 19.2. The molecule has 0 saturated carbocycles. The predicted molar refractivity (Wildman–Crippen MR) is 100 cm³/mol. The number of terminal acetylenes is 1. The third-order valence-corrected chi connectivity index (χ3v) is 4.91. The summed E-state index contributed by atoms with van der Waals surface area (Å²) in [5, 5.41) is 1.36. The first-order valence-electron chi connectivity index (χ1n) is 6.75. The average molecular weight is 396 g/mol. The second-order valence-electron chi connectivity index (χ2n) is 4.86. The first-order chi connectivity index (χ1) is 11.5. The Morgan fingerprint density at radius 2 is 1.83 bits per heavy atom. The van der Waals surface area contributed by atoms with Crippen molar-refractivity contribution in [1.82, 2.24) is 4.57 Å². The molecule has 0 spiro atoms. The molecule has 120 valence electrons. The molecule has 1 heterocycles. The summed E-state index contributed by atoms with van der Waals surface area (Å²) in [6, 6.07) is 10.0. The lowest BCUT2D eigenvalue weighted by molar-refractivity contribution is 0.0998. The minimum atomic E-state index is -0.442. The third-order valence-electron chi connectivity index (χ3n) is 3.20. The number of rotatable bonds is 2. The Hall–Kier alpha value is -1.77. The quantitative estimate of drug-likeness (QED) is 0.560. The van der Waals surface area contributed by atoms with Gasteiger partial charge in [0.05, 0.1) is 16.8 Å². The lowest BCUT2D eigenvalue weighted by Crippen LogP contribution is -2.16. The van der Waals surface area contributed by atoms with Crippen molar-refractivity contribution >= 4 is 62.3 Å². The van der Waals surface area contributed by atoms with Gasteiger partial charge in [0.25, 0.3) is 5.91 Å². The van der Waals surface area contributed by atoms with Crippen LogP contribution in [0.2, 0.25) is 15.1 Å². The number of aromatic nitrogens is 1. The molecule has 0 fully saturated rings. The number of thiazole rings is 1. The molecule has 3 nitrogen and oxygen atoms in total. The predicted octanol–water partition coefficient (Wildman–Crippen LogP) is 5.04. The number of halogens is 3. The van der Waals surface area contributed by atoms with E-state index in [-0.39, 0.29) is 0 Å². The van der Waals surface area contributed by atoms with E-state index >= 15 is 0 Å². The van der Waals surface area contributed by atoms with Crippen LogP contribution in [-0.2, 0) is 6.54 Å². The zero-order valence-electron chi connectivity index (χ0n) is 12.1. The van der Waals surface area contributed by atoms with Gasteiger partial charge in [-0.3, -0.25) is 4.79 Å². The Morgan fingerprint density at radius 3 is 2.50 bits per heavy atom. The van der Waals surface area contributed by atoms with Crippen LogP contribution < -0.4 is 4.80 Å². The molecule has 0 N–H and O–H groups in total. The molecule has 0 aliphatic heterocycles. The fourth-order valence-electron chi connectivity index (χ4n) is 2.21. The average Bonchev–Trinajstić information content (AvgIpc) is 2.83. The monoisotopic (exact) mass is 394 g/mol. The van der Waals surface area contributed by atoms with E-state index < -0.39 is 5.91 Å². The molecule has 0 radical (unpaired) electrons. The van der Waals surface area contributed by atoms with Gasteiger partial charge >= 0.3 is 0 Å². The number of amides is 1. The fraction of sp³-hybridized carbons (Fsp3) is 0.0588. The van der Waals surface area contributed by atoms with Crippen LogP contribution in [0.1, 0.15) is 10.4 Å². The summed E-state index contributed by atoms with van der Waals surface area (Å²) < 4.78 is 2.69. The van der Waals surface area contributed by atoms with Crippen molar-refractivity contribution in [2.24, 2.45) is 4.99 Å². The highest BCUT2D eigenvalue weighted by molar-refractivity contribution is 7.16. The topological polar surface area (TPSA) is 34.4 Å². The molecule has 0 aliphatic carbocycles. The zero-order chi connectivity index (χ0) is 17.3. The van der Waals surface area contributed by atoms with Crippen LogP contribution in [0.25, 0.3) is 10.2 Å². The number of carbonyl (C=O) groups excluding carboxylic acids is 1. The van der Waals surface area contributed by atoms with Crippen LogP contribution in [0.5, 0.6) is 0 Å². The molecule has 7 heteroatoms. The van der Waals surface area contributed by atoms with Crippen LogP contribution in [0, 0.1) is 12.3 Å². The fourth-order valence-corrected chi connectivity index (χ4v) is 4.04. The lowest BCUT2D eigenvalue weighted by atomic mass is 10.2. The van der Waals surface area contributed by atoms with Crippen LogP contribution >= 0.6 is 46.1 Å². The maximum Gasteiger partial charge on any atom is 0.279 e. The summed E-state index contributed by atoms with van der Waals surface area (Å²) in [5.41, 5.74) is 1.19. The summed E-state index contributed by atoms with van der Waals surface area (Å²) in [4.78, 5) is 17.1. The SMILES string of the molecule is C#CCn1c(=NC(=O)c2cc(Cl)cc(Cl)c2)sc2cc(Cl)ccc21. The summed E-state index contributed by atoms with van der Waals surface area (Å²) in [6.07, 6.45) is 5.44. The molecular formula is C17H9Cl3N2OS. The van der Waals surface area contributed by atoms with Gasteiger partial charge in [-0.15, -0.1) is 6.42 Å². The molecule has 0 bridgehead atoms. The number of hydrogen-bond acceptors (Lipinski definition) is 2. The molecule has 1 amide bonds. The maximum atomic E-state index is 12.5. The number of carbonyl (C=O) groups is 1. The van der Waals surface area contributed by atoms with Gasteiger partial charge in [-0.2, -0.15) is 4.99 Å². The zero-order valence-corrected chi connectivity index (χ0v) is 15.2. The van der Waals surface area contributed by atoms with Gasteiger partial charge in [-0.05, 0) is 36.4 Å². The van der Waals surface area contributed by atoms with Gasteiger partial charge in [0, 0.05) is 20.6 Å². The van der Waals surface area contributed by atoms with Crippen LogP contribution in [0.15, 0.2) is 41.4 Å². The van der Waals surface area contributed by atoms with Crippen molar-refractivity contribution < 1.29 is 4.79 Å². The van der Waals surface area contributed by atoms with Gasteiger partial charge in [0.2, 0.25) is 0 Å². The van der Waals surface area contributed by atoms with E-state index in [1.165, 1.54) is 23.5 Å². The summed E-state index contributed by atoms with van der Waals surface area (Å²) in [5.74, 6) is 2.13. The number of nitrogens with zero attached hydrogens (tertiary/aromatic N) is 2. The Labute approximate surface area is 157 Å². The van der Waals surface area contributed by atoms with Gasteiger partial charge in [0.1, 0.15) is 0 Å².